The van der Waals surface area contributed by atoms with E-state index < -0.39 is 0 Å². The number of aliphatic imine (C=N–C) groups is 1. The minimum atomic E-state index is 0. The lowest BCUT2D eigenvalue weighted by Crippen LogP contribution is -2.40. The first-order chi connectivity index (χ1) is 10.2. The van der Waals surface area contributed by atoms with Crippen LogP contribution in [0, 0.1) is 0 Å². The molecule has 0 aliphatic rings. The summed E-state index contributed by atoms with van der Waals surface area (Å²) >= 11 is 1.83. The molecule has 0 amide bonds. The first-order valence-electron chi connectivity index (χ1n) is 7.08. The van der Waals surface area contributed by atoms with Gasteiger partial charge >= 0.3 is 0 Å². The maximum absolute atomic E-state index is 4.57. The maximum atomic E-state index is 4.57. The number of pyridine rings is 1. The fourth-order valence-electron chi connectivity index (χ4n) is 1.81. The van der Waals surface area contributed by atoms with Gasteiger partial charge in [-0.15, -0.1) is 34.2 Å². The number of halogens is 1. The molecule has 22 heavy (non-hydrogen) atoms. The third-order valence-electron chi connectivity index (χ3n) is 3.07. The van der Waals surface area contributed by atoms with Crippen LogP contribution in [0.1, 0.15) is 19.7 Å². The van der Waals surface area contributed by atoms with Crippen molar-refractivity contribution in [1.82, 2.24) is 25.2 Å². The van der Waals surface area contributed by atoms with Gasteiger partial charge in [0.2, 0.25) is 0 Å². The molecule has 122 valence electrons. The first kappa shape index (κ1) is 19.0. The Kier molecular flexibility index (Phi) is 8.54. The highest BCUT2D eigenvalue weighted by Crippen LogP contribution is 2.04. The molecule has 6 nitrogen and oxygen atoms in total. The predicted molar refractivity (Wildman–Crippen MR) is 104 cm³/mol. The number of rotatable bonds is 6. The Bertz CT molecular complexity index is 600. The summed E-state index contributed by atoms with van der Waals surface area (Å²) in [7, 11) is 0. The molecule has 2 aromatic rings. The summed E-state index contributed by atoms with van der Waals surface area (Å²) in [6.45, 7) is 6.46. The smallest absolute Gasteiger partial charge is 0.191 e. The molecule has 2 aromatic heterocycles. The molecule has 0 bridgehead atoms. The van der Waals surface area contributed by atoms with Gasteiger partial charge < -0.3 is 10.6 Å². The van der Waals surface area contributed by atoms with Crippen LogP contribution in [0.25, 0.3) is 5.65 Å². The Morgan fingerprint density at radius 3 is 2.91 bits per heavy atom. The largest absolute Gasteiger partial charge is 0.357 e. The minimum Gasteiger partial charge on any atom is -0.357 e. The van der Waals surface area contributed by atoms with E-state index in [0.717, 1.165) is 30.5 Å². The van der Waals surface area contributed by atoms with Gasteiger partial charge in [-0.25, -0.2) is 4.99 Å². The van der Waals surface area contributed by atoms with Gasteiger partial charge in [0.05, 0.1) is 0 Å². The fourth-order valence-corrected chi connectivity index (χ4v) is 2.06. The van der Waals surface area contributed by atoms with Crippen LogP contribution < -0.4 is 10.6 Å². The van der Waals surface area contributed by atoms with E-state index in [9.17, 15) is 0 Å². The summed E-state index contributed by atoms with van der Waals surface area (Å²) in [5, 5.41) is 15.4. The van der Waals surface area contributed by atoms with E-state index >= 15 is 0 Å². The Hall–Kier alpha value is -1.03. The topological polar surface area (TPSA) is 66.6 Å². The number of fused-ring (bicyclic) bond motifs is 1. The molecule has 2 rings (SSSR count). The van der Waals surface area contributed by atoms with Crippen LogP contribution in [0.15, 0.2) is 29.4 Å². The van der Waals surface area contributed by atoms with E-state index in [0.29, 0.717) is 11.8 Å². The zero-order valence-electron chi connectivity index (χ0n) is 13.1. The van der Waals surface area contributed by atoms with Crippen molar-refractivity contribution in [2.75, 3.05) is 19.3 Å². The molecule has 0 saturated heterocycles. The lowest BCUT2D eigenvalue weighted by molar-refractivity contribution is 0.784. The standard InChI is InChI=1S/C14H22N6S.HI/c1-4-15-14(16-9-11(2)21-3)17-10-13-19-18-12-7-5-6-8-20(12)13;/h5-8,11H,4,9-10H2,1-3H3,(H2,15,16,17);1H. The van der Waals surface area contributed by atoms with E-state index in [1.165, 1.54) is 0 Å². The number of nitrogens with zero attached hydrogens (tertiary/aromatic N) is 4. The molecule has 0 radical (unpaired) electrons. The molecule has 8 heteroatoms. The number of nitrogens with one attached hydrogen (secondary N) is 2. The van der Waals surface area contributed by atoms with Gasteiger partial charge in [-0.2, -0.15) is 11.8 Å². The zero-order chi connectivity index (χ0) is 15.1. The molecule has 0 spiro atoms. The van der Waals surface area contributed by atoms with Crippen molar-refractivity contribution in [3.63, 3.8) is 0 Å². The van der Waals surface area contributed by atoms with Crippen molar-refractivity contribution >= 4 is 47.3 Å². The summed E-state index contributed by atoms with van der Waals surface area (Å²) in [4.78, 5) is 4.57. The highest BCUT2D eigenvalue weighted by Gasteiger charge is 2.05. The molecule has 2 N–H and O–H groups in total. The van der Waals surface area contributed by atoms with Crippen LogP contribution in [0.5, 0.6) is 0 Å². The van der Waals surface area contributed by atoms with E-state index in [4.69, 9.17) is 0 Å². The number of hydrogen-bond acceptors (Lipinski definition) is 4. The lowest BCUT2D eigenvalue weighted by Gasteiger charge is -2.14. The van der Waals surface area contributed by atoms with Gasteiger partial charge in [0.1, 0.15) is 6.54 Å². The van der Waals surface area contributed by atoms with Crippen LogP contribution >= 0.6 is 35.7 Å². The van der Waals surface area contributed by atoms with Crippen LogP contribution in [-0.4, -0.2) is 45.2 Å². The van der Waals surface area contributed by atoms with Gasteiger partial charge in [0.25, 0.3) is 0 Å². The Labute approximate surface area is 152 Å². The van der Waals surface area contributed by atoms with Gasteiger partial charge in [-0.3, -0.25) is 4.40 Å². The molecule has 1 atom stereocenters. The van der Waals surface area contributed by atoms with Crippen molar-refractivity contribution in [2.24, 2.45) is 4.99 Å². The molecule has 1 unspecified atom stereocenters. The molecule has 0 aliphatic carbocycles. The van der Waals surface area contributed by atoms with Crippen LogP contribution in [0.2, 0.25) is 0 Å². The molecule has 0 aromatic carbocycles. The Balaban J connectivity index is 0.00000242. The van der Waals surface area contributed by atoms with Crippen LogP contribution in [0.4, 0.5) is 0 Å². The fraction of sp³-hybridized carbons (Fsp3) is 0.500. The molecular formula is C14H23IN6S. The molecular weight excluding hydrogens is 411 g/mol. The van der Waals surface area contributed by atoms with Crippen molar-refractivity contribution in [3.8, 4) is 0 Å². The highest BCUT2D eigenvalue weighted by molar-refractivity contribution is 14.0. The average Bonchev–Trinajstić information content (AvgIpc) is 2.93. The van der Waals surface area contributed by atoms with E-state index in [1.54, 1.807) is 0 Å². The van der Waals surface area contributed by atoms with E-state index in [2.05, 4.69) is 45.9 Å². The van der Waals surface area contributed by atoms with Crippen molar-refractivity contribution in [2.45, 2.75) is 25.6 Å². The lowest BCUT2D eigenvalue weighted by atomic mass is 10.4. The quantitative estimate of drug-likeness (QED) is 0.415. The minimum absolute atomic E-state index is 0. The average molecular weight is 434 g/mol. The van der Waals surface area contributed by atoms with E-state index in [1.807, 2.05) is 40.6 Å². The third kappa shape index (κ3) is 5.31. The van der Waals surface area contributed by atoms with Gasteiger partial charge in [-0.05, 0) is 25.3 Å². The summed E-state index contributed by atoms with van der Waals surface area (Å²) in [6, 6.07) is 5.85. The second-order valence-electron chi connectivity index (χ2n) is 4.67. The molecule has 0 aliphatic heterocycles. The normalized spacial score (nSPS) is 12.8. The zero-order valence-corrected chi connectivity index (χ0v) is 16.3. The number of guanidine groups is 1. The Morgan fingerprint density at radius 1 is 1.36 bits per heavy atom. The Morgan fingerprint density at radius 2 is 2.18 bits per heavy atom. The van der Waals surface area contributed by atoms with Crippen molar-refractivity contribution < 1.29 is 0 Å². The predicted octanol–water partition coefficient (Wildman–Crippen LogP) is 2.15. The van der Waals surface area contributed by atoms with Crippen molar-refractivity contribution in [1.29, 1.82) is 0 Å². The van der Waals surface area contributed by atoms with E-state index in [-0.39, 0.29) is 24.0 Å². The third-order valence-corrected chi connectivity index (χ3v) is 4.04. The summed E-state index contributed by atoms with van der Waals surface area (Å²) in [5.74, 6) is 1.65. The summed E-state index contributed by atoms with van der Waals surface area (Å²) in [5.41, 5.74) is 0.844. The highest BCUT2D eigenvalue weighted by atomic mass is 127. The number of hydrogen-bond donors (Lipinski definition) is 2. The van der Waals surface area contributed by atoms with Gasteiger partial charge in [0.15, 0.2) is 17.4 Å². The SMILES string of the molecule is CCNC(=NCc1nnc2ccccn12)NCC(C)SC.I. The molecule has 0 saturated carbocycles. The molecule has 2 heterocycles. The van der Waals surface area contributed by atoms with Gasteiger partial charge in [0, 0.05) is 24.5 Å². The number of aromatic nitrogens is 3. The monoisotopic (exact) mass is 434 g/mol. The summed E-state index contributed by atoms with van der Waals surface area (Å²) in [6.07, 6.45) is 4.06. The second-order valence-corrected chi connectivity index (χ2v) is 5.94. The summed E-state index contributed by atoms with van der Waals surface area (Å²) < 4.78 is 1.96. The molecule has 0 fully saturated rings. The van der Waals surface area contributed by atoms with Crippen LogP contribution in [0.3, 0.4) is 0 Å². The maximum Gasteiger partial charge on any atom is 0.191 e. The number of thioether (sulfide) groups is 1. The second kappa shape index (κ2) is 9.88. The van der Waals surface area contributed by atoms with Crippen molar-refractivity contribution in [3.05, 3.63) is 30.2 Å². The van der Waals surface area contributed by atoms with Gasteiger partial charge in [-0.1, -0.05) is 13.0 Å². The van der Waals surface area contributed by atoms with Crippen LogP contribution in [-0.2, 0) is 6.54 Å². The first-order valence-corrected chi connectivity index (χ1v) is 8.37.